The Balaban J connectivity index is 2.16. The van der Waals surface area contributed by atoms with Gasteiger partial charge in [-0.2, -0.15) is 0 Å². The summed E-state index contributed by atoms with van der Waals surface area (Å²) in [7, 11) is 1.68. The molecule has 3 aromatic heterocycles. The molecule has 0 aliphatic rings. The summed E-state index contributed by atoms with van der Waals surface area (Å²) in [5, 5.41) is 3.74. The average molecular weight is 339 g/mol. The number of ether oxygens (including phenoxy) is 1. The lowest BCUT2D eigenvalue weighted by Crippen LogP contribution is -2.21. The second kappa shape index (κ2) is 6.88. The maximum atomic E-state index is 12.5. The van der Waals surface area contributed by atoms with E-state index >= 15 is 0 Å². The van der Waals surface area contributed by atoms with Crippen LogP contribution >= 0.6 is 0 Å². The fourth-order valence-electron chi connectivity index (χ4n) is 2.51. The molecule has 0 aliphatic carbocycles. The molecule has 0 radical (unpaired) electrons. The molecule has 0 unspecified atom stereocenters. The second-order valence-electron chi connectivity index (χ2n) is 6.03. The fourth-order valence-corrected chi connectivity index (χ4v) is 2.51. The second-order valence-corrected chi connectivity index (χ2v) is 6.03. The Morgan fingerprint density at radius 3 is 2.72 bits per heavy atom. The molecular formula is C18H21N5O2. The smallest absolute Gasteiger partial charge is 0.264 e. The van der Waals surface area contributed by atoms with Crippen molar-refractivity contribution in [3.05, 3.63) is 41.1 Å². The van der Waals surface area contributed by atoms with E-state index in [-0.39, 0.29) is 11.6 Å². The van der Waals surface area contributed by atoms with Crippen LogP contribution in [0, 0.1) is 0 Å². The van der Waals surface area contributed by atoms with E-state index in [4.69, 9.17) is 4.74 Å². The number of nitrogens with zero attached hydrogens (tertiary/aromatic N) is 4. The first-order chi connectivity index (χ1) is 12.0. The first-order valence-corrected chi connectivity index (χ1v) is 8.21. The van der Waals surface area contributed by atoms with Gasteiger partial charge in [0.2, 0.25) is 5.88 Å². The number of hydrogen-bond acceptors (Lipinski definition) is 6. The lowest BCUT2D eigenvalue weighted by molar-refractivity contribution is 0.327. The Morgan fingerprint density at radius 1 is 1.28 bits per heavy atom. The Labute approximate surface area is 145 Å². The van der Waals surface area contributed by atoms with Crippen molar-refractivity contribution < 1.29 is 4.74 Å². The monoisotopic (exact) mass is 339 g/mol. The van der Waals surface area contributed by atoms with E-state index < -0.39 is 0 Å². The summed E-state index contributed by atoms with van der Waals surface area (Å²) in [5.74, 6) is 1.10. The van der Waals surface area contributed by atoms with Crippen LogP contribution in [0.5, 0.6) is 5.88 Å². The number of anilines is 1. The summed E-state index contributed by atoms with van der Waals surface area (Å²) < 4.78 is 6.82. The van der Waals surface area contributed by atoms with E-state index in [1.54, 1.807) is 25.4 Å². The molecule has 7 heteroatoms. The quantitative estimate of drug-likeness (QED) is 0.769. The number of hydrogen-bond donors (Lipinski definition) is 1. The molecule has 0 fully saturated rings. The van der Waals surface area contributed by atoms with Crippen LogP contribution in [-0.2, 0) is 7.05 Å². The van der Waals surface area contributed by atoms with E-state index in [1.165, 1.54) is 10.9 Å². The normalized spacial score (nSPS) is 11.1. The molecule has 7 nitrogen and oxygen atoms in total. The Morgan fingerprint density at radius 2 is 2.08 bits per heavy atom. The zero-order valence-corrected chi connectivity index (χ0v) is 14.8. The number of aromatic nitrogens is 4. The van der Waals surface area contributed by atoms with Gasteiger partial charge in [0.15, 0.2) is 0 Å². The molecule has 0 aliphatic heterocycles. The molecule has 25 heavy (non-hydrogen) atoms. The fraction of sp³-hybridized carbons (Fsp3) is 0.333. The van der Waals surface area contributed by atoms with Gasteiger partial charge < -0.3 is 14.6 Å². The van der Waals surface area contributed by atoms with E-state index in [0.29, 0.717) is 34.9 Å². The number of pyridine rings is 2. The number of nitrogens with one attached hydrogen (secondary N) is 1. The van der Waals surface area contributed by atoms with Gasteiger partial charge in [0, 0.05) is 30.9 Å². The van der Waals surface area contributed by atoms with Gasteiger partial charge in [-0.15, -0.1) is 0 Å². The summed E-state index contributed by atoms with van der Waals surface area (Å²) in [5.41, 5.74) is 2.01. The van der Waals surface area contributed by atoms with Crippen molar-refractivity contribution in [2.75, 3.05) is 11.9 Å². The highest BCUT2D eigenvalue weighted by atomic mass is 16.5. The Kier molecular flexibility index (Phi) is 4.65. The van der Waals surface area contributed by atoms with Crippen LogP contribution in [0.3, 0.4) is 0 Å². The summed E-state index contributed by atoms with van der Waals surface area (Å²) in [6.45, 7) is 6.48. The van der Waals surface area contributed by atoms with Crippen molar-refractivity contribution in [2.45, 2.75) is 26.8 Å². The van der Waals surface area contributed by atoms with Gasteiger partial charge in [-0.3, -0.25) is 4.79 Å². The molecule has 130 valence electrons. The highest BCUT2D eigenvalue weighted by Crippen LogP contribution is 2.25. The predicted molar refractivity (Wildman–Crippen MR) is 97.9 cm³/mol. The SMILES string of the molecule is CCOc1ccc(-c2cc3ncn(C)c(=O)c3c(NC(C)C)n2)cn1. The zero-order valence-electron chi connectivity index (χ0n) is 14.8. The van der Waals surface area contributed by atoms with Gasteiger partial charge in [0.1, 0.15) is 11.2 Å². The van der Waals surface area contributed by atoms with Crippen molar-refractivity contribution in [1.29, 1.82) is 0 Å². The molecule has 0 spiro atoms. The molecule has 3 rings (SSSR count). The first-order valence-electron chi connectivity index (χ1n) is 8.21. The van der Waals surface area contributed by atoms with Gasteiger partial charge in [-0.1, -0.05) is 0 Å². The minimum Gasteiger partial charge on any atom is -0.478 e. The third-order valence-electron chi connectivity index (χ3n) is 3.65. The highest BCUT2D eigenvalue weighted by Gasteiger charge is 2.14. The zero-order chi connectivity index (χ0) is 18.0. The molecule has 3 heterocycles. The highest BCUT2D eigenvalue weighted by molar-refractivity contribution is 5.91. The summed E-state index contributed by atoms with van der Waals surface area (Å²) in [6, 6.07) is 5.64. The number of rotatable bonds is 5. The molecule has 0 atom stereocenters. The Bertz CT molecular complexity index is 948. The third-order valence-corrected chi connectivity index (χ3v) is 3.65. The molecule has 0 amide bonds. The topological polar surface area (TPSA) is 81.9 Å². The van der Waals surface area contributed by atoms with Crippen molar-refractivity contribution in [3.8, 4) is 17.1 Å². The van der Waals surface area contributed by atoms with E-state index in [9.17, 15) is 4.79 Å². The van der Waals surface area contributed by atoms with Crippen molar-refractivity contribution in [3.63, 3.8) is 0 Å². The molecule has 1 N–H and O–H groups in total. The molecule has 3 aromatic rings. The van der Waals surface area contributed by atoms with Gasteiger partial charge >= 0.3 is 0 Å². The molecule has 0 saturated heterocycles. The molecular weight excluding hydrogens is 318 g/mol. The van der Waals surface area contributed by atoms with Gasteiger partial charge in [0.05, 0.1) is 24.1 Å². The standard InChI is InChI=1S/C18H21N5O2/c1-5-25-15-7-6-12(9-19-15)13-8-14-16(17(22-13)21-11(2)3)18(24)23(4)10-20-14/h6-11H,5H2,1-4H3,(H,21,22). The maximum Gasteiger partial charge on any atom is 0.264 e. The predicted octanol–water partition coefficient (Wildman–Crippen LogP) is 2.61. The maximum absolute atomic E-state index is 12.5. The number of aryl methyl sites for hydroxylation is 1. The summed E-state index contributed by atoms with van der Waals surface area (Å²) >= 11 is 0. The molecule has 0 saturated carbocycles. The van der Waals surface area contributed by atoms with Crippen LogP contribution < -0.4 is 15.6 Å². The average Bonchev–Trinajstić information content (AvgIpc) is 2.58. The van der Waals surface area contributed by atoms with Crippen LogP contribution in [0.15, 0.2) is 35.5 Å². The summed E-state index contributed by atoms with van der Waals surface area (Å²) in [6.07, 6.45) is 3.23. The molecule has 0 aromatic carbocycles. The lowest BCUT2D eigenvalue weighted by atomic mass is 10.1. The largest absolute Gasteiger partial charge is 0.478 e. The van der Waals surface area contributed by atoms with Crippen LogP contribution in [0.1, 0.15) is 20.8 Å². The molecule has 0 bridgehead atoms. The van der Waals surface area contributed by atoms with Crippen LogP contribution in [0.4, 0.5) is 5.82 Å². The van der Waals surface area contributed by atoms with Crippen LogP contribution in [-0.4, -0.2) is 32.2 Å². The Hall–Kier alpha value is -2.96. The van der Waals surface area contributed by atoms with Gasteiger partial charge in [-0.25, -0.2) is 15.0 Å². The van der Waals surface area contributed by atoms with E-state index in [1.807, 2.05) is 26.8 Å². The van der Waals surface area contributed by atoms with Gasteiger partial charge in [0.25, 0.3) is 5.56 Å². The van der Waals surface area contributed by atoms with Crippen LogP contribution in [0.25, 0.3) is 22.2 Å². The van der Waals surface area contributed by atoms with Crippen molar-refractivity contribution >= 4 is 16.7 Å². The van der Waals surface area contributed by atoms with Gasteiger partial charge in [-0.05, 0) is 32.9 Å². The minimum absolute atomic E-state index is 0.128. The number of fused-ring (bicyclic) bond motifs is 1. The van der Waals surface area contributed by atoms with E-state index in [2.05, 4.69) is 20.3 Å². The van der Waals surface area contributed by atoms with Crippen molar-refractivity contribution in [1.82, 2.24) is 19.5 Å². The van der Waals surface area contributed by atoms with Crippen molar-refractivity contribution in [2.24, 2.45) is 7.05 Å². The summed E-state index contributed by atoms with van der Waals surface area (Å²) in [4.78, 5) is 25.8. The minimum atomic E-state index is -0.128. The first kappa shape index (κ1) is 16.9. The lowest BCUT2D eigenvalue weighted by Gasteiger charge is -2.14. The van der Waals surface area contributed by atoms with Crippen LogP contribution in [0.2, 0.25) is 0 Å². The third kappa shape index (κ3) is 3.45. The van der Waals surface area contributed by atoms with E-state index in [0.717, 1.165) is 5.56 Å².